The van der Waals surface area contributed by atoms with Crippen LogP contribution in [0.2, 0.25) is 0 Å². The Morgan fingerprint density at radius 1 is 1.36 bits per heavy atom. The number of benzene rings is 1. The van der Waals surface area contributed by atoms with E-state index in [1.54, 1.807) is 17.0 Å². The van der Waals surface area contributed by atoms with Gasteiger partial charge in [-0.15, -0.1) is 0 Å². The van der Waals surface area contributed by atoms with E-state index in [-0.39, 0.29) is 48.5 Å². The summed E-state index contributed by atoms with van der Waals surface area (Å²) in [6, 6.07) is 6.01. The smallest absolute Gasteiger partial charge is 0.317 e. The molecular formula is C18H24FN3O3. The van der Waals surface area contributed by atoms with Gasteiger partial charge in [0.25, 0.3) is 0 Å². The molecule has 7 heteroatoms. The van der Waals surface area contributed by atoms with Crippen molar-refractivity contribution in [3.05, 3.63) is 35.6 Å². The summed E-state index contributed by atoms with van der Waals surface area (Å²) in [6.45, 7) is 4.97. The van der Waals surface area contributed by atoms with Crippen molar-refractivity contribution in [2.24, 2.45) is 5.92 Å². The maximum absolute atomic E-state index is 13.2. The molecule has 136 valence electrons. The van der Waals surface area contributed by atoms with E-state index in [1.165, 1.54) is 12.1 Å². The lowest BCUT2D eigenvalue weighted by Crippen LogP contribution is -2.51. The van der Waals surface area contributed by atoms with Gasteiger partial charge in [0, 0.05) is 25.7 Å². The van der Waals surface area contributed by atoms with Gasteiger partial charge in [-0.05, 0) is 38.0 Å². The van der Waals surface area contributed by atoms with Crippen LogP contribution < -0.4 is 10.6 Å². The SMILES string of the molecule is CC(C)NC(=O)[C@@H]1C[C@H]2CN(C(=O)NCc3cccc(F)c3)C[C@@H]1O2. The van der Waals surface area contributed by atoms with E-state index < -0.39 is 0 Å². The lowest BCUT2D eigenvalue weighted by Gasteiger charge is -2.32. The Labute approximate surface area is 146 Å². The van der Waals surface area contributed by atoms with E-state index in [0.717, 1.165) is 0 Å². The summed E-state index contributed by atoms with van der Waals surface area (Å²) >= 11 is 0. The summed E-state index contributed by atoms with van der Waals surface area (Å²) in [5, 5.41) is 5.73. The fourth-order valence-corrected chi connectivity index (χ4v) is 3.43. The zero-order valence-electron chi connectivity index (χ0n) is 14.5. The van der Waals surface area contributed by atoms with E-state index in [1.807, 2.05) is 13.8 Å². The Bertz CT molecular complexity index is 652. The highest BCUT2D eigenvalue weighted by Crippen LogP contribution is 2.32. The van der Waals surface area contributed by atoms with E-state index in [9.17, 15) is 14.0 Å². The molecule has 3 amide bonds. The minimum Gasteiger partial charge on any atom is -0.370 e. The molecule has 2 aliphatic rings. The molecule has 2 aliphatic heterocycles. The summed E-state index contributed by atoms with van der Waals surface area (Å²) < 4.78 is 19.0. The molecular weight excluding hydrogens is 325 g/mol. The summed E-state index contributed by atoms with van der Waals surface area (Å²) in [4.78, 5) is 26.3. The molecule has 2 N–H and O–H groups in total. The van der Waals surface area contributed by atoms with Crippen LogP contribution in [0.1, 0.15) is 25.8 Å². The van der Waals surface area contributed by atoms with E-state index in [2.05, 4.69) is 10.6 Å². The van der Waals surface area contributed by atoms with Crippen LogP contribution in [0.25, 0.3) is 0 Å². The molecule has 0 radical (unpaired) electrons. The molecule has 2 bridgehead atoms. The Morgan fingerprint density at radius 2 is 2.16 bits per heavy atom. The number of nitrogens with zero attached hydrogens (tertiary/aromatic N) is 1. The summed E-state index contributed by atoms with van der Waals surface area (Å²) in [5.74, 6) is -0.548. The van der Waals surface area contributed by atoms with Crippen molar-refractivity contribution in [2.45, 2.75) is 45.1 Å². The number of hydrogen-bond acceptors (Lipinski definition) is 3. The predicted molar refractivity (Wildman–Crippen MR) is 90.3 cm³/mol. The van der Waals surface area contributed by atoms with Crippen molar-refractivity contribution in [3.8, 4) is 0 Å². The van der Waals surface area contributed by atoms with E-state index >= 15 is 0 Å². The summed E-state index contributed by atoms with van der Waals surface area (Å²) in [7, 11) is 0. The van der Waals surface area contributed by atoms with Crippen molar-refractivity contribution in [2.75, 3.05) is 13.1 Å². The Kier molecular flexibility index (Phi) is 5.22. The molecule has 1 aromatic rings. The first-order valence-corrected chi connectivity index (χ1v) is 8.65. The van der Waals surface area contributed by atoms with Crippen molar-refractivity contribution < 1.29 is 18.7 Å². The number of morpholine rings is 1. The average molecular weight is 349 g/mol. The maximum atomic E-state index is 13.2. The second-order valence-corrected chi connectivity index (χ2v) is 7.00. The van der Waals surface area contributed by atoms with Crippen molar-refractivity contribution in [1.29, 1.82) is 0 Å². The first-order valence-electron chi connectivity index (χ1n) is 8.65. The van der Waals surface area contributed by atoms with Crippen molar-refractivity contribution in [3.63, 3.8) is 0 Å². The highest BCUT2D eigenvalue weighted by atomic mass is 19.1. The van der Waals surface area contributed by atoms with Gasteiger partial charge >= 0.3 is 6.03 Å². The van der Waals surface area contributed by atoms with Crippen LogP contribution in [0.3, 0.4) is 0 Å². The minimum atomic E-state index is -0.324. The van der Waals surface area contributed by atoms with Crippen LogP contribution in [-0.2, 0) is 16.1 Å². The van der Waals surface area contributed by atoms with Gasteiger partial charge in [0.2, 0.25) is 5.91 Å². The standard InChI is InChI=1S/C18H24FN3O3/c1-11(2)21-17(23)15-7-14-9-22(10-16(15)25-14)18(24)20-8-12-4-3-5-13(19)6-12/h3-6,11,14-16H,7-10H2,1-2H3,(H,20,24)(H,21,23)/t14-,15+,16-/m0/s1. The minimum absolute atomic E-state index is 0.00970. The molecule has 0 spiro atoms. The Balaban J connectivity index is 1.54. The van der Waals surface area contributed by atoms with Crippen LogP contribution in [-0.4, -0.2) is 48.2 Å². The van der Waals surface area contributed by atoms with E-state index in [4.69, 9.17) is 4.74 Å². The number of halogens is 1. The molecule has 0 unspecified atom stereocenters. The second kappa shape index (κ2) is 7.39. The largest absolute Gasteiger partial charge is 0.370 e. The Hall–Kier alpha value is -2.15. The fourth-order valence-electron chi connectivity index (χ4n) is 3.43. The van der Waals surface area contributed by atoms with Gasteiger partial charge in [-0.1, -0.05) is 12.1 Å². The molecule has 1 aromatic carbocycles. The third-order valence-corrected chi connectivity index (χ3v) is 4.54. The topological polar surface area (TPSA) is 70.7 Å². The number of rotatable bonds is 4. The third-order valence-electron chi connectivity index (χ3n) is 4.54. The summed E-state index contributed by atoms with van der Waals surface area (Å²) in [5.41, 5.74) is 0.707. The highest BCUT2D eigenvalue weighted by Gasteiger charge is 2.45. The lowest BCUT2D eigenvalue weighted by atomic mass is 9.99. The Morgan fingerprint density at radius 3 is 2.88 bits per heavy atom. The third kappa shape index (κ3) is 4.28. The molecule has 2 fully saturated rings. The van der Waals surface area contributed by atoms with Crippen LogP contribution in [0.4, 0.5) is 9.18 Å². The fraction of sp³-hybridized carbons (Fsp3) is 0.556. The molecule has 0 saturated carbocycles. The van der Waals surface area contributed by atoms with Gasteiger partial charge in [0.15, 0.2) is 0 Å². The molecule has 0 aliphatic carbocycles. The quantitative estimate of drug-likeness (QED) is 0.868. The van der Waals surface area contributed by atoms with Crippen molar-refractivity contribution >= 4 is 11.9 Å². The number of urea groups is 1. The maximum Gasteiger partial charge on any atom is 0.317 e. The van der Waals surface area contributed by atoms with Gasteiger partial charge in [-0.3, -0.25) is 4.79 Å². The zero-order valence-corrected chi connectivity index (χ0v) is 14.5. The first kappa shape index (κ1) is 17.7. The number of nitrogens with one attached hydrogen (secondary N) is 2. The van der Waals surface area contributed by atoms with Crippen LogP contribution >= 0.6 is 0 Å². The molecule has 2 saturated heterocycles. The predicted octanol–water partition coefficient (Wildman–Crippen LogP) is 1.65. The number of fused-ring (bicyclic) bond motifs is 2. The number of hydrogen-bond donors (Lipinski definition) is 2. The monoisotopic (exact) mass is 349 g/mol. The molecule has 25 heavy (non-hydrogen) atoms. The molecule has 2 heterocycles. The molecule has 6 nitrogen and oxygen atoms in total. The van der Waals surface area contributed by atoms with Crippen molar-refractivity contribution in [1.82, 2.24) is 15.5 Å². The van der Waals surface area contributed by atoms with Gasteiger partial charge in [0.1, 0.15) is 5.82 Å². The van der Waals surface area contributed by atoms with Gasteiger partial charge in [0.05, 0.1) is 18.1 Å². The number of carbonyl (C=O) groups is 2. The number of amides is 3. The van der Waals surface area contributed by atoms with Gasteiger partial charge in [-0.2, -0.15) is 0 Å². The van der Waals surface area contributed by atoms with Crippen LogP contribution in [0.15, 0.2) is 24.3 Å². The molecule has 0 aromatic heterocycles. The summed E-state index contributed by atoms with van der Waals surface area (Å²) in [6.07, 6.45) is 0.260. The number of carbonyl (C=O) groups excluding carboxylic acids is 2. The normalized spacial score (nSPS) is 25.1. The van der Waals surface area contributed by atoms with Crippen LogP contribution in [0, 0.1) is 11.7 Å². The van der Waals surface area contributed by atoms with Crippen LogP contribution in [0.5, 0.6) is 0 Å². The molecule has 3 atom stereocenters. The first-order chi connectivity index (χ1) is 11.9. The molecule has 3 rings (SSSR count). The second-order valence-electron chi connectivity index (χ2n) is 7.00. The zero-order chi connectivity index (χ0) is 18.0. The van der Waals surface area contributed by atoms with E-state index in [0.29, 0.717) is 25.1 Å². The van der Waals surface area contributed by atoms with Gasteiger partial charge < -0.3 is 20.3 Å². The number of ether oxygens (including phenoxy) is 1. The number of likely N-dealkylation sites (tertiary alicyclic amines) is 1. The highest BCUT2D eigenvalue weighted by molar-refractivity contribution is 5.80. The van der Waals surface area contributed by atoms with Gasteiger partial charge in [-0.25, -0.2) is 9.18 Å². The lowest BCUT2D eigenvalue weighted by molar-refractivity contribution is -0.128. The average Bonchev–Trinajstić information content (AvgIpc) is 2.86.